The number of nitrogens with one attached hydrogen (secondary N) is 4. The van der Waals surface area contributed by atoms with Crippen LogP contribution >= 0.6 is 0 Å². The number of amides is 2. The zero-order chi connectivity index (χ0) is 42.7. The van der Waals surface area contributed by atoms with Crippen LogP contribution < -0.4 is 29.6 Å². The number of anilines is 1. The topological polar surface area (TPSA) is 199 Å². The third kappa shape index (κ3) is 13.2. The van der Waals surface area contributed by atoms with E-state index in [4.69, 9.17) is 28.4 Å². The van der Waals surface area contributed by atoms with Gasteiger partial charge in [0.05, 0.1) is 75.5 Å². The molecule has 318 valence electrons. The first-order valence-corrected chi connectivity index (χ1v) is 20.9. The molecule has 0 saturated heterocycles. The maximum Gasteiger partial charge on any atom is 0.261 e. The van der Waals surface area contributed by atoms with Gasteiger partial charge in [-0.1, -0.05) is 24.3 Å². The standard InChI is InChI=1S/C44H51N5O10S/c1-31-10-16-38(43-42(31)35(28-45)29-48-43)49-60(52,53)37-14-12-34(13-15-37)44(51)47-19-21-57-23-25-58-24-22-56-20-18-46-41(50)30-59-36-9-5-8-32(26-36)6-4-7-33-11-17-39(54-2)40(27-33)55-3/h5,8-17,26-27,29,48-49H,4,6-7,18-25,30H2,1-3H3,(H,46,50)(H,47,51). The van der Waals surface area contributed by atoms with Crippen molar-refractivity contribution in [1.82, 2.24) is 15.6 Å². The van der Waals surface area contributed by atoms with Crippen LogP contribution in [0.2, 0.25) is 0 Å². The van der Waals surface area contributed by atoms with Crippen molar-refractivity contribution < 1.29 is 46.4 Å². The number of nitrogens with zero attached hydrogens (tertiary/aromatic N) is 1. The summed E-state index contributed by atoms with van der Waals surface area (Å²) in [6, 6.07) is 24.8. The van der Waals surface area contributed by atoms with Crippen LogP contribution in [0.4, 0.5) is 5.69 Å². The molecule has 4 N–H and O–H groups in total. The summed E-state index contributed by atoms with van der Waals surface area (Å²) in [6.07, 6.45) is 4.24. The fraction of sp³-hybridized carbons (Fsp3) is 0.341. The van der Waals surface area contributed by atoms with Crippen LogP contribution in [0.1, 0.15) is 39.0 Å². The third-order valence-electron chi connectivity index (χ3n) is 9.33. The number of fused-ring (bicyclic) bond motifs is 1. The van der Waals surface area contributed by atoms with E-state index in [1.54, 1.807) is 32.5 Å². The average Bonchev–Trinajstić information content (AvgIpc) is 3.71. The van der Waals surface area contributed by atoms with Crippen molar-refractivity contribution in [3.63, 3.8) is 0 Å². The molecule has 0 aliphatic heterocycles. The lowest BCUT2D eigenvalue weighted by molar-refractivity contribution is -0.123. The Labute approximate surface area is 350 Å². The van der Waals surface area contributed by atoms with E-state index in [0.29, 0.717) is 78.8 Å². The quantitative estimate of drug-likeness (QED) is 0.0555. The SMILES string of the molecule is COc1ccc(CCCc2cccc(OCC(=O)NCCOCCOCCOCCNC(=O)c3ccc(S(=O)(=O)Nc4ccc(C)c5c(C#N)c[nH]c45)cc3)c2)cc1OC. The molecule has 60 heavy (non-hydrogen) atoms. The second-order valence-electron chi connectivity index (χ2n) is 13.5. The first-order valence-electron chi connectivity index (χ1n) is 19.5. The van der Waals surface area contributed by atoms with E-state index in [1.165, 1.54) is 29.8 Å². The molecule has 0 spiro atoms. The first-order chi connectivity index (χ1) is 29.1. The van der Waals surface area contributed by atoms with E-state index in [2.05, 4.69) is 26.4 Å². The number of carbonyl (C=O) groups is 2. The molecule has 0 aliphatic carbocycles. The Morgan fingerprint density at radius 2 is 1.43 bits per heavy atom. The molecule has 2 amide bonds. The lowest BCUT2D eigenvalue weighted by Crippen LogP contribution is -2.31. The second-order valence-corrected chi connectivity index (χ2v) is 15.2. The van der Waals surface area contributed by atoms with Gasteiger partial charge in [-0.3, -0.25) is 14.3 Å². The number of sulfonamides is 1. The molecule has 0 bridgehead atoms. The van der Waals surface area contributed by atoms with Crippen LogP contribution in [0, 0.1) is 18.3 Å². The summed E-state index contributed by atoms with van der Waals surface area (Å²) < 4.78 is 61.7. The second kappa shape index (κ2) is 22.9. The average molecular weight is 842 g/mol. The van der Waals surface area contributed by atoms with E-state index >= 15 is 0 Å². The maximum absolute atomic E-state index is 13.1. The van der Waals surface area contributed by atoms with Crippen molar-refractivity contribution >= 4 is 38.4 Å². The van der Waals surface area contributed by atoms with Gasteiger partial charge >= 0.3 is 0 Å². The molecule has 5 aromatic rings. The van der Waals surface area contributed by atoms with E-state index in [-0.39, 0.29) is 36.5 Å². The molecule has 16 heteroatoms. The Bertz CT molecular complexity index is 2340. The van der Waals surface area contributed by atoms with Crippen molar-refractivity contribution in [2.75, 3.05) is 78.3 Å². The molecule has 0 atom stereocenters. The normalized spacial score (nSPS) is 11.2. The number of aryl methyl sites for hydroxylation is 3. The van der Waals surface area contributed by atoms with Crippen LogP contribution in [0.3, 0.4) is 0 Å². The van der Waals surface area contributed by atoms with Gasteiger partial charge < -0.3 is 44.0 Å². The zero-order valence-electron chi connectivity index (χ0n) is 34.0. The number of nitriles is 1. The molecule has 1 heterocycles. The summed E-state index contributed by atoms with van der Waals surface area (Å²) >= 11 is 0. The number of rotatable bonds is 25. The molecule has 15 nitrogen and oxygen atoms in total. The molecule has 0 fully saturated rings. The molecule has 5 rings (SSSR count). The van der Waals surface area contributed by atoms with Crippen molar-refractivity contribution in [3.05, 3.63) is 113 Å². The maximum atomic E-state index is 13.1. The first kappa shape index (κ1) is 45.0. The van der Waals surface area contributed by atoms with Gasteiger partial charge in [-0.2, -0.15) is 5.26 Å². The van der Waals surface area contributed by atoms with Crippen LogP contribution in [0.15, 0.2) is 90.0 Å². The predicted molar refractivity (Wildman–Crippen MR) is 226 cm³/mol. The van der Waals surface area contributed by atoms with Gasteiger partial charge in [0.2, 0.25) is 0 Å². The van der Waals surface area contributed by atoms with Gasteiger partial charge in [-0.05, 0) is 97.5 Å². The number of ether oxygens (including phenoxy) is 6. The summed E-state index contributed by atoms with van der Waals surface area (Å²) in [4.78, 5) is 27.8. The molecule has 0 aliphatic rings. The number of H-pyrrole nitrogens is 1. The summed E-state index contributed by atoms with van der Waals surface area (Å²) in [6.45, 7) is 4.29. The molecular weight excluding hydrogens is 791 g/mol. The van der Waals surface area contributed by atoms with Crippen LogP contribution in [-0.2, 0) is 41.9 Å². The molecule has 0 unspecified atom stereocenters. The van der Waals surface area contributed by atoms with Crippen molar-refractivity contribution in [3.8, 4) is 23.3 Å². The highest BCUT2D eigenvalue weighted by Gasteiger charge is 2.19. The van der Waals surface area contributed by atoms with Gasteiger partial charge in [-0.15, -0.1) is 0 Å². The molecule has 0 radical (unpaired) electrons. The summed E-state index contributed by atoms with van der Waals surface area (Å²) in [7, 11) is -0.721. The lowest BCUT2D eigenvalue weighted by atomic mass is 10.0. The van der Waals surface area contributed by atoms with Crippen LogP contribution in [0.25, 0.3) is 10.9 Å². The molecular formula is C44H51N5O10S. The third-order valence-corrected chi connectivity index (χ3v) is 10.7. The van der Waals surface area contributed by atoms with E-state index in [0.717, 1.165) is 36.1 Å². The van der Waals surface area contributed by atoms with E-state index in [9.17, 15) is 23.3 Å². The van der Waals surface area contributed by atoms with Crippen molar-refractivity contribution in [2.45, 2.75) is 31.1 Å². The Morgan fingerprint density at radius 1 is 0.767 bits per heavy atom. The minimum Gasteiger partial charge on any atom is -0.493 e. The molecule has 4 aromatic carbocycles. The summed E-state index contributed by atoms with van der Waals surface area (Å²) in [5.74, 6) is 1.45. The number of aromatic nitrogens is 1. The zero-order valence-corrected chi connectivity index (χ0v) is 34.8. The fourth-order valence-electron chi connectivity index (χ4n) is 6.25. The van der Waals surface area contributed by atoms with E-state index < -0.39 is 10.0 Å². The Hall–Kier alpha value is -6.12. The lowest BCUT2D eigenvalue weighted by Gasteiger charge is -2.11. The molecule has 1 aromatic heterocycles. The summed E-state index contributed by atoms with van der Waals surface area (Å²) in [5.41, 5.74) is 4.69. The fourth-order valence-corrected chi connectivity index (χ4v) is 7.32. The number of hydrogen-bond acceptors (Lipinski definition) is 11. The van der Waals surface area contributed by atoms with Crippen molar-refractivity contribution in [2.24, 2.45) is 0 Å². The number of carbonyl (C=O) groups excluding carboxylic acids is 2. The number of hydrogen-bond donors (Lipinski definition) is 4. The highest BCUT2D eigenvalue weighted by atomic mass is 32.2. The Balaban J connectivity index is 0.858. The number of methoxy groups -OCH3 is 2. The van der Waals surface area contributed by atoms with Gasteiger partial charge in [0.25, 0.3) is 21.8 Å². The summed E-state index contributed by atoms with van der Waals surface area (Å²) in [5, 5.41) is 15.6. The minimum atomic E-state index is -3.97. The van der Waals surface area contributed by atoms with Gasteiger partial charge in [-0.25, -0.2) is 8.42 Å². The molecule has 0 saturated carbocycles. The minimum absolute atomic E-state index is 0.0181. The largest absolute Gasteiger partial charge is 0.493 e. The highest BCUT2D eigenvalue weighted by Crippen LogP contribution is 2.30. The van der Waals surface area contributed by atoms with Gasteiger partial charge in [0, 0.05) is 30.2 Å². The number of benzene rings is 4. The van der Waals surface area contributed by atoms with Gasteiger partial charge in [0.1, 0.15) is 11.8 Å². The van der Waals surface area contributed by atoms with Crippen molar-refractivity contribution in [1.29, 1.82) is 5.26 Å². The number of aromatic amines is 1. The Kier molecular flexibility index (Phi) is 17.1. The van der Waals surface area contributed by atoms with Crippen LogP contribution in [0.5, 0.6) is 17.2 Å². The Morgan fingerprint density at radius 3 is 2.12 bits per heavy atom. The van der Waals surface area contributed by atoms with Crippen LogP contribution in [-0.4, -0.2) is 98.8 Å². The monoisotopic (exact) mass is 841 g/mol. The highest BCUT2D eigenvalue weighted by molar-refractivity contribution is 7.92. The van der Waals surface area contributed by atoms with E-state index in [1.807, 2.05) is 49.4 Å². The predicted octanol–water partition coefficient (Wildman–Crippen LogP) is 5.32. The van der Waals surface area contributed by atoms with Gasteiger partial charge in [0.15, 0.2) is 18.1 Å². The smallest absolute Gasteiger partial charge is 0.261 e.